The summed E-state index contributed by atoms with van der Waals surface area (Å²) >= 11 is 0. The van der Waals surface area contributed by atoms with Gasteiger partial charge in [0.05, 0.1) is 0 Å². The molecule has 6 aromatic rings. The lowest BCUT2D eigenvalue weighted by Crippen LogP contribution is -3.28. The van der Waals surface area contributed by atoms with Gasteiger partial charge in [-0.3, -0.25) is 0 Å². The van der Waals surface area contributed by atoms with Crippen molar-refractivity contribution in [3.05, 3.63) is 192 Å². The van der Waals surface area contributed by atoms with Gasteiger partial charge in [-0.2, -0.15) is 0 Å². The van der Waals surface area contributed by atoms with Crippen LogP contribution >= 0.6 is 0 Å². The van der Waals surface area contributed by atoms with E-state index >= 15 is 0 Å². The first-order valence-electron chi connectivity index (χ1n) is 15.9. The quantitative estimate of drug-likeness (QED) is 0.242. The van der Waals surface area contributed by atoms with Crippen molar-refractivity contribution in [2.45, 2.75) is 12.1 Å². The van der Waals surface area contributed by atoms with Gasteiger partial charge in [0.1, 0.15) is 38.3 Å². The highest BCUT2D eigenvalue weighted by atomic mass is 35.5. The molecule has 0 amide bonds. The first-order chi connectivity index (χ1) is 21.8. The Morgan fingerprint density at radius 3 is 0.826 bits per heavy atom. The van der Waals surface area contributed by atoms with E-state index in [4.69, 9.17) is 0 Å². The van der Waals surface area contributed by atoms with Crippen LogP contribution in [0, 0.1) is 0 Å². The van der Waals surface area contributed by atoms with Crippen LogP contribution in [0.25, 0.3) is 22.3 Å². The lowest BCUT2D eigenvalue weighted by Gasteiger charge is -2.38. The van der Waals surface area contributed by atoms with E-state index in [1.807, 2.05) is 0 Å². The van der Waals surface area contributed by atoms with Crippen molar-refractivity contribution in [3.63, 3.8) is 0 Å². The lowest BCUT2D eigenvalue weighted by molar-refractivity contribution is -1.03. The predicted molar refractivity (Wildman–Crippen MR) is 182 cm³/mol. The second-order valence-electron chi connectivity index (χ2n) is 12.0. The Kier molecular flexibility index (Phi) is 11.5. The first-order valence-corrected chi connectivity index (χ1v) is 15.9. The van der Waals surface area contributed by atoms with Crippen LogP contribution in [0.2, 0.25) is 0 Å². The SMILES string of the molecule is [Cl-].[Cl-].c1ccc(-c2ccc(C(c3ccccc3)[NH+]3CC[NH+](C(c4ccccc4)c4ccc(-c5ccccc5)cc4)CC3)cc2)cc1. The van der Waals surface area contributed by atoms with Crippen molar-refractivity contribution in [3.8, 4) is 22.3 Å². The summed E-state index contributed by atoms with van der Waals surface area (Å²) in [4.78, 5) is 3.30. The van der Waals surface area contributed by atoms with E-state index in [1.165, 1.54) is 44.5 Å². The van der Waals surface area contributed by atoms with E-state index in [1.54, 1.807) is 9.80 Å². The van der Waals surface area contributed by atoms with E-state index in [-0.39, 0.29) is 24.8 Å². The Bertz CT molecular complexity index is 1600. The topological polar surface area (TPSA) is 8.88 Å². The van der Waals surface area contributed by atoms with Crippen molar-refractivity contribution in [2.24, 2.45) is 0 Å². The Morgan fingerprint density at radius 2 is 0.522 bits per heavy atom. The standard InChI is InChI=1S/C42H38N2.2ClH/c1-5-13-33(14-6-1)35-21-25-39(26-22-35)41(37-17-9-3-10-18-37)43-29-31-44(32-30-43)42(38-19-11-4-12-20-38)40-27-23-36(24-28-40)34-15-7-2-8-16-34;;/h1-28,41-42H,29-32H2;2*1H. The normalized spacial score (nSPS) is 17.1. The average molecular weight is 644 g/mol. The largest absolute Gasteiger partial charge is 1.00 e. The van der Waals surface area contributed by atoms with Crippen LogP contribution in [-0.2, 0) is 0 Å². The molecule has 1 saturated heterocycles. The number of nitrogens with one attached hydrogen (secondary N) is 2. The molecule has 232 valence electrons. The highest BCUT2D eigenvalue weighted by Crippen LogP contribution is 2.26. The van der Waals surface area contributed by atoms with Crippen LogP contribution in [0.5, 0.6) is 0 Å². The van der Waals surface area contributed by atoms with Crippen molar-refractivity contribution < 1.29 is 34.6 Å². The Hall–Kier alpha value is -4.18. The van der Waals surface area contributed by atoms with Gasteiger partial charge >= 0.3 is 0 Å². The molecular formula is C42H40Cl2N2. The molecule has 7 rings (SSSR count). The molecule has 0 saturated carbocycles. The summed E-state index contributed by atoms with van der Waals surface area (Å²) in [6.45, 7) is 4.50. The number of rotatable bonds is 8. The highest BCUT2D eigenvalue weighted by molar-refractivity contribution is 5.64. The molecule has 4 heteroatoms. The minimum atomic E-state index is 0. The van der Waals surface area contributed by atoms with Gasteiger partial charge < -0.3 is 34.6 Å². The Morgan fingerprint density at radius 1 is 0.283 bits per heavy atom. The maximum absolute atomic E-state index is 2.35. The van der Waals surface area contributed by atoms with Crippen LogP contribution < -0.4 is 34.6 Å². The van der Waals surface area contributed by atoms with Crippen molar-refractivity contribution >= 4 is 0 Å². The maximum atomic E-state index is 2.35. The van der Waals surface area contributed by atoms with Gasteiger partial charge in [0.15, 0.2) is 0 Å². The summed E-state index contributed by atoms with van der Waals surface area (Å²) in [5, 5.41) is 0. The van der Waals surface area contributed by atoms with Crippen molar-refractivity contribution in [1.29, 1.82) is 0 Å². The molecule has 46 heavy (non-hydrogen) atoms. The fraction of sp³-hybridized carbons (Fsp3) is 0.143. The van der Waals surface area contributed by atoms with Gasteiger partial charge in [0, 0.05) is 22.3 Å². The number of benzene rings is 6. The van der Waals surface area contributed by atoms with E-state index in [9.17, 15) is 0 Å². The molecule has 1 aliphatic rings. The van der Waals surface area contributed by atoms with Gasteiger partial charge in [-0.25, -0.2) is 0 Å². The number of hydrogen-bond donors (Lipinski definition) is 2. The van der Waals surface area contributed by atoms with Crippen molar-refractivity contribution in [1.82, 2.24) is 0 Å². The third-order valence-corrected chi connectivity index (χ3v) is 9.32. The predicted octanol–water partition coefficient (Wildman–Crippen LogP) is 0.691. The highest BCUT2D eigenvalue weighted by Gasteiger charge is 2.36. The fourth-order valence-corrected chi connectivity index (χ4v) is 7.09. The van der Waals surface area contributed by atoms with E-state index in [0.717, 1.165) is 26.2 Å². The molecule has 1 aliphatic heterocycles. The molecule has 0 aromatic heterocycles. The van der Waals surface area contributed by atoms with Gasteiger partial charge in [-0.1, -0.05) is 170 Å². The van der Waals surface area contributed by atoms with E-state index in [0.29, 0.717) is 12.1 Å². The molecule has 0 aliphatic carbocycles. The van der Waals surface area contributed by atoms with E-state index < -0.39 is 0 Å². The molecular weight excluding hydrogens is 603 g/mol. The zero-order valence-corrected chi connectivity index (χ0v) is 27.4. The number of hydrogen-bond acceptors (Lipinski definition) is 0. The molecule has 0 radical (unpaired) electrons. The second kappa shape index (κ2) is 15.9. The van der Waals surface area contributed by atoms with Gasteiger partial charge in [-0.15, -0.1) is 0 Å². The lowest BCUT2D eigenvalue weighted by atomic mass is 9.93. The summed E-state index contributed by atoms with van der Waals surface area (Å²) in [6, 6.07) is 62.9. The number of halogens is 2. The molecule has 1 fully saturated rings. The van der Waals surface area contributed by atoms with Crippen LogP contribution in [-0.4, -0.2) is 26.2 Å². The third kappa shape index (κ3) is 7.44. The second-order valence-corrected chi connectivity index (χ2v) is 12.0. The van der Waals surface area contributed by atoms with Gasteiger partial charge in [0.25, 0.3) is 0 Å². The molecule has 0 spiro atoms. The summed E-state index contributed by atoms with van der Waals surface area (Å²) in [7, 11) is 0. The smallest absolute Gasteiger partial charge is 0.139 e. The van der Waals surface area contributed by atoms with E-state index in [2.05, 4.69) is 170 Å². The Labute approximate surface area is 286 Å². The fourth-order valence-electron chi connectivity index (χ4n) is 7.09. The molecule has 2 N–H and O–H groups in total. The van der Waals surface area contributed by atoms with Crippen LogP contribution in [0.1, 0.15) is 34.3 Å². The zero-order valence-electron chi connectivity index (χ0n) is 25.9. The first kappa shape index (κ1) is 33.2. The summed E-state index contributed by atoms with van der Waals surface area (Å²) in [5.41, 5.74) is 10.7. The minimum Gasteiger partial charge on any atom is -1.00 e. The number of piperazine rings is 1. The molecule has 2 nitrogen and oxygen atoms in total. The van der Waals surface area contributed by atoms with Crippen LogP contribution in [0.4, 0.5) is 0 Å². The molecule has 2 atom stereocenters. The molecule has 2 unspecified atom stereocenters. The third-order valence-electron chi connectivity index (χ3n) is 9.32. The van der Waals surface area contributed by atoms with Crippen LogP contribution in [0.3, 0.4) is 0 Å². The summed E-state index contributed by atoms with van der Waals surface area (Å²) < 4.78 is 0. The van der Waals surface area contributed by atoms with Gasteiger partial charge in [-0.05, 0) is 22.3 Å². The zero-order chi connectivity index (χ0) is 29.6. The number of quaternary nitrogens is 2. The monoisotopic (exact) mass is 642 g/mol. The molecule has 1 heterocycles. The van der Waals surface area contributed by atoms with Crippen molar-refractivity contribution in [2.75, 3.05) is 26.2 Å². The minimum absolute atomic E-state index is 0. The maximum Gasteiger partial charge on any atom is 0.139 e. The summed E-state index contributed by atoms with van der Waals surface area (Å²) in [5.74, 6) is 0. The average Bonchev–Trinajstić information content (AvgIpc) is 3.11. The van der Waals surface area contributed by atoms with Crippen LogP contribution in [0.15, 0.2) is 170 Å². The Balaban J connectivity index is 0.00000208. The summed E-state index contributed by atoms with van der Waals surface area (Å²) in [6.07, 6.45) is 0. The molecule has 0 bridgehead atoms. The molecule has 6 aromatic carbocycles. The van der Waals surface area contributed by atoms with Gasteiger partial charge in [0.2, 0.25) is 0 Å².